The van der Waals surface area contributed by atoms with E-state index >= 15 is 0 Å². The molecule has 0 radical (unpaired) electrons. The van der Waals surface area contributed by atoms with Crippen LogP contribution in [0.4, 0.5) is 0 Å². The maximum atomic E-state index is 5.13. The van der Waals surface area contributed by atoms with Crippen molar-refractivity contribution in [2.45, 2.75) is 20.3 Å². The molecule has 0 saturated carbocycles. The van der Waals surface area contributed by atoms with Crippen LogP contribution in [0.5, 0.6) is 0 Å². The number of hydrogen-bond donors (Lipinski definition) is 4. The Bertz CT molecular complexity index is 316. The molecule has 8 heteroatoms. The van der Waals surface area contributed by atoms with Crippen LogP contribution in [0.15, 0.2) is 20.4 Å². The first-order chi connectivity index (χ1) is 6.97. The standard InChI is InChI=1S/C7H16N8/c1-3-5(13-15-7(10)11)4(2)12-14-6(8)9/h3H2,1-2H3,(H4,8,9,14)(H4,10,11,15)/b12-4-,13-5-. The second kappa shape index (κ2) is 6.35. The van der Waals surface area contributed by atoms with Gasteiger partial charge in [-0.15, -0.1) is 10.2 Å². The van der Waals surface area contributed by atoms with Crippen molar-refractivity contribution in [3.8, 4) is 0 Å². The van der Waals surface area contributed by atoms with Gasteiger partial charge in [0.15, 0.2) is 0 Å². The normalized spacial score (nSPS) is 12.1. The molecule has 0 rings (SSSR count). The van der Waals surface area contributed by atoms with Crippen LogP contribution in [-0.4, -0.2) is 23.3 Å². The first-order valence-electron chi connectivity index (χ1n) is 4.26. The van der Waals surface area contributed by atoms with E-state index in [2.05, 4.69) is 20.4 Å². The molecule has 0 unspecified atom stereocenters. The lowest BCUT2D eigenvalue weighted by molar-refractivity contribution is 1.15. The van der Waals surface area contributed by atoms with Gasteiger partial charge in [0.1, 0.15) is 0 Å². The molecule has 0 aromatic rings. The molecular formula is C7H16N8. The van der Waals surface area contributed by atoms with Gasteiger partial charge < -0.3 is 22.9 Å². The Morgan fingerprint density at radius 1 is 0.867 bits per heavy atom. The van der Waals surface area contributed by atoms with Crippen molar-refractivity contribution in [2.75, 3.05) is 0 Å². The highest BCUT2D eigenvalue weighted by Gasteiger charge is 2.00. The summed E-state index contributed by atoms with van der Waals surface area (Å²) in [6, 6.07) is 0. The van der Waals surface area contributed by atoms with Gasteiger partial charge in [0.05, 0.1) is 11.4 Å². The van der Waals surface area contributed by atoms with Crippen LogP contribution in [0.25, 0.3) is 0 Å². The highest BCUT2D eigenvalue weighted by atomic mass is 15.3. The highest BCUT2D eigenvalue weighted by Crippen LogP contribution is 1.92. The third-order valence-corrected chi connectivity index (χ3v) is 1.35. The number of nitrogens with zero attached hydrogens (tertiary/aromatic N) is 4. The van der Waals surface area contributed by atoms with Gasteiger partial charge in [-0.3, -0.25) is 0 Å². The molecular weight excluding hydrogens is 196 g/mol. The molecule has 15 heavy (non-hydrogen) atoms. The molecule has 0 atom stereocenters. The third-order valence-electron chi connectivity index (χ3n) is 1.35. The minimum absolute atomic E-state index is 0.115. The zero-order valence-corrected chi connectivity index (χ0v) is 8.81. The fourth-order valence-electron chi connectivity index (χ4n) is 0.707. The average molecular weight is 212 g/mol. The fraction of sp³-hybridized carbons (Fsp3) is 0.429. The Morgan fingerprint density at radius 3 is 1.73 bits per heavy atom. The van der Waals surface area contributed by atoms with E-state index in [-0.39, 0.29) is 11.9 Å². The van der Waals surface area contributed by atoms with Crippen LogP contribution >= 0.6 is 0 Å². The monoisotopic (exact) mass is 212 g/mol. The maximum absolute atomic E-state index is 5.13. The lowest BCUT2D eigenvalue weighted by Gasteiger charge is -1.98. The lowest BCUT2D eigenvalue weighted by atomic mass is 10.2. The molecule has 0 aromatic carbocycles. The van der Waals surface area contributed by atoms with Gasteiger partial charge in [-0.1, -0.05) is 6.92 Å². The number of nitrogens with two attached hydrogens (primary N) is 4. The predicted octanol–water partition coefficient (Wildman–Crippen LogP) is -1.32. The van der Waals surface area contributed by atoms with Gasteiger partial charge in [-0.05, 0) is 13.3 Å². The minimum Gasteiger partial charge on any atom is -0.369 e. The van der Waals surface area contributed by atoms with E-state index in [0.717, 1.165) is 0 Å². The number of hydrogen-bond acceptors (Lipinski definition) is 4. The van der Waals surface area contributed by atoms with E-state index in [9.17, 15) is 0 Å². The predicted molar refractivity (Wildman–Crippen MR) is 62.5 cm³/mol. The second-order valence-corrected chi connectivity index (χ2v) is 2.64. The third kappa shape index (κ3) is 6.02. The van der Waals surface area contributed by atoms with Crippen LogP contribution < -0.4 is 22.9 Å². The van der Waals surface area contributed by atoms with Crippen molar-refractivity contribution >= 4 is 23.3 Å². The molecule has 0 amide bonds. The molecule has 0 fully saturated rings. The molecule has 0 aliphatic heterocycles. The molecule has 0 bridgehead atoms. The van der Waals surface area contributed by atoms with Crippen molar-refractivity contribution in [3.63, 3.8) is 0 Å². The molecule has 0 aliphatic rings. The van der Waals surface area contributed by atoms with Crippen molar-refractivity contribution in [3.05, 3.63) is 0 Å². The molecule has 0 aromatic heterocycles. The van der Waals surface area contributed by atoms with Gasteiger partial charge in [0.25, 0.3) is 0 Å². The minimum atomic E-state index is -0.119. The van der Waals surface area contributed by atoms with Crippen LogP contribution in [0.3, 0.4) is 0 Å². The van der Waals surface area contributed by atoms with Crippen molar-refractivity contribution in [1.29, 1.82) is 0 Å². The zero-order valence-electron chi connectivity index (χ0n) is 8.81. The Kier molecular flexibility index (Phi) is 5.45. The van der Waals surface area contributed by atoms with Crippen LogP contribution in [-0.2, 0) is 0 Å². The van der Waals surface area contributed by atoms with Gasteiger partial charge in [-0.25, -0.2) is 0 Å². The Labute approximate surface area is 87.8 Å². The Balaban J connectivity index is 4.83. The first-order valence-corrected chi connectivity index (χ1v) is 4.26. The second-order valence-electron chi connectivity index (χ2n) is 2.64. The summed E-state index contributed by atoms with van der Waals surface area (Å²) in [6.45, 7) is 3.59. The Hall–Kier alpha value is -2.12. The van der Waals surface area contributed by atoms with Crippen LogP contribution in [0.2, 0.25) is 0 Å². The smallest absolute Gasteiger partial charge is 0.211 e. The summed E-state index contributed by atoms with van der Waals surface area (Å²) >= 11 is 0. The van der Waals surface area contributed by atoms with Gasteiger partial charge in [0, 0.05) is 0 Å². The van der Waals surface area contributed by atoms with Gasteiger partial charge in [0.2, 0.25) is 11.9 Å². The Morgan fingerprint density at radius 2 is 1.33 bits per heavy atom. The van der Waals surface area contributed by atoms with E-state index in [1.165, 1.54) is 0 Å². The average Bonchev–Trinajstić information content (AvgIpc) is 2.15. The van der Waals surface area contributed by atoms with Crippen molar-refractivity contribution < 1.29 is 0 Å². The number of rotatable bonds is 4. The summed E-state index contributed by atoms with van der Waals surface area (Å²) in [5, 5.41) is 14.5. The SMILES string of the molecule is CCC(=N/N=C(N)N)/C(C)=N\N=C(N)N. The molecule has 0 spiro atoms. The molecule has 0 heterocycles. The van der Waals surface area contributed by atoms with Crippen molar-refractivity contribution in [1.82, 2.24) is 0 Å². The topological polar surface area (TPSA) is 154 Å². The van der Waals surface area contributed by atoms with Gasteiger partial charge in [-0.2, -0.15) is 10.2 Å². The molecule has 8 nitrogen and oxygen atoms in total. The summed E-state index contributed by atoms with van der Waals surface area (Å²) in [7, 11) is 0. The van der Waals surface area contributed by atoms with Crippen LogP contribution in [0.1, 0.15) is 20.3 Å². The number of guanidine groups is 2. The highest BCUT2D eigenvalue weighted by molar-refractivity contribution is 6.41. The lowest BCUT2D eigenvalue weighted by Crippen LogP contribution is -2.23. The van der Waals surface area contributed by atoms with E-state index < -0.39 is 0 Å². The van der Waals surface area contributed by atoms with Crippen molar-refractivity contribution in [2.24, 2.45) is 43.3 Å². The van der Waals surface area contributed by atoms with E-state index in [4.69, 9.17) is 22.9 Å². The largest absolute Gasteiger partial charge is 0.369 e. The summed E-state index contributed by atoms with van der Waals surface area (Å²) in [5.41, 5.74) is 21.7. The van der Waals surface area contributed by atoms with Gasteiger partial charge >= 0.3 is 0 Å². The quantitative estimate of drug-likeness (QED) is 0.259. The molecule has 0 saturated heterocycles. The molecule has 0 aliphatic carbocycles. The summed E-state index contributed by atoms with van der Waals surface area (Å²) in [4.78, 5) is 0. The van der Waals surface area contributed by atoms with E-state index in [1.807, 2.05) is 6.92 Å². The van der Waals surface area contributed by atoms with E-state index in [1.54, 1.807) is 6.92 Å². The fourth-order valence-corrected chi connectivity index (χ4v) is 0.707. The molecule has 8 N–H and O–H groups in total. The summed E-state index contributed by atoms with van der Waals surface area (Å²) < 4.78 is 0. The first kappa shape index (κ1) is 12.9. The summed E-state index contributed by atoms with van der Waals surface area (Å²) in [6.07, 6.45) is 0.617. The molecule has 84 valence electrons. The summed E-state index contributed by atoms with van der Waals surface area (Å²) in [5.74, 6) is -0.234. The van der Waals surface area contributed by atoms with Crippen LogP contribution in [0, 0.1) is 0 Å². The maximum Gasteiger partial charge on any atom is 0.211 e. The van der Waals surface area contributed by atoms with E-state index in [0.29, 0.717) is 17.8 Å². The zero-order chi connectivity index (χ0) is 11.8.